The zero-order valence-electron chi connectivity index (χ0n) is 23.6. The molecule has 0 fully saturated rings. The average molecular weight is 571 g/mol. The molecule has 210 valence electrons. The molecule has 0 amide bonds. The van der Waals surface area contributed by atoms with Crippen molar-refractivity contribution in [2.24, 2.45) is 0 Å². The van der Waals surface area contributed by atoms with Crippen molar-refractivity contribution in [2.45, 2.75) is 0 Å². The van der Waals surface area contributed by atoms with Crippen LogP contribution in [0.2, 0.25) is 0 Å². The summed E-state index contributed by atoms with van der Waals surface area (Å²) in [6.07, 6.45) is 8.07. The molecular weight excluding hydrogens is 544 g/mol. The summed E-state index contributed by atoms with van der Waals surface area (Å²) in [5.74, 6) is 11.3. The normalized spacial score (nSPS) is 11.5. The Labute approximate surface area is 254 Å². The van der Waals surface area contributed by atoms with Crippen LogP contribution in [0.3, 0.4) is 0 Å². The summed E-state index contributed by atoms with van der Waals surface area (Å²) >= 11 is 0. The van der Waals surface area contributed by atoms with Gasteiger partial charge in [-0.15, -0.1) is 0 Å². The Morgan fingerprint density at radius 2 is 0.977 bits per heavy atom. The van der Waals surface area contributed by atoms with Crippen molar-refractivity contribution in [1.82, 2.24) is 19.9 Å². The Bertz CT molecular complexity index is 2150. The van der Waals surface area contributed by atoms with Crippen molar-refractivity contribution in [3.8, 4) is 45.9 Å². The van der Waals surface area contributed by atoms with Crippen LogP contribution in [0.1, 0.15) is 33.9 Å². The number of nitrogens with one attached hydrogen (secondary N) is 2. The molecule has 6 heteroatoms. The molecule has 2 aromatic carbocycles. The maximum atomic E-state index is 9.06. The summed E-state index contributed by atoms with van der Waals surface area (Å²) in [6.45, 7) is -0.346. The van der Waals surface area contributed by atoms with Crippen molar-refractivity contribution in [1.29, 1.82) is 0 Å². The maximum absolute atomic E-state index is 9.06. The molecule has 5 aromatic rings. The number of rotatable bonds is 2. The molecule has 44 heavy (non-hydrogen) atoms. The molecule has 0 saturated carbocycles. The third kappa shape index (κ3) is 5.47. The van der Waals surface area contributed by atoms with Crippen LogP contribution in [0.4, 0.5) is 0 Å². The number of benzene rings is 2. The molecule has 3 aromatic heterocycles. The number of nitrogens with zero attached hydrogens (tertiary/aromatic N) is 2. The van der Waals surface area contributed by atoms with E-state index in [0.29, 0.717) is 0 Å². The largest absolute Gasteiger partial charge is 0.384 e. The van der Waals surface area contributed by atoms with Crippen molar-refractivity contribution >= 4 is 46.4 Å². The molecule has 0 spiro atoms. The van der Waals surface area contributed by atoms with Gasteiger partial charge in [0.2, 0.25) is 0 Å². The molecule has 0 aliphatic carbocycles. The van der Waals surface area contributed by atoms with Gasteiger partial charge in [0.1, 0.15) is 13.2 Å². The van der Waals surface area contributed by atoms with E-state index in [1.54, 1.807) is 0 Å². The Kier molecular flexibility index (Phi) is 7.20. The van der Waals surface area contributed by atoms with E-state index < -0.39 is 0 Å². The van der Waals surface area contributed by atoms with Crippen LogP contribution in [0, 0.1) is 23.7 Å². The van der Waals surface area contributed by atoms with Crippen LogP contribution >= 0.6 is 0 Å². The first-order valence-electron chi connectivity index (χ1n) is 14.2. The number of H-pyrrole nitrogens is 2. The second-order valence-electron chi connectivity index (χ2n) is 10.3. The van der Waals surface area contributed by atoms with Gasteiger partial charge in [-0.1, -0.05) is 47.9 Å². The van der Waals surface area contributed by atoms with Gasteiger partial charge in [-0.25, -0.2) is 9.97 Å². The third-order valence-corrected chi connectivity index (χ3v) is 7.37. The van der Waals surface area contributed by atoms with Gasteiger partial charge in [0.15, 0.2) is 0 Å². The SMILES string of the molecule is OCC#Cc1ccc(-c2c3nc(cc4ccc([nH]4)c(-c4ccc(C#CCO)cc4)c4ccc(cc5nc2C=C5)[nH]4)C=C3)cc1. The van der Waals surface area contributed by atoms with E-state index in [9.17, 15) is 0 Å². The summed E-state index contributed by atoms with van der Waals surface area (Å²) in [6, 6.07) is 28.3. The van der Waals surface area contributed by atoms with Gasteiger partial charge in [-0.05, 0) is 96.1 Å². The summed E-state index contributed by atoms with van der Waals surface area (Å²) in [4.78, 5) is 17.2. The molecule has 6 nitrogen and oxygen atoms in total. The number of hydrogen-bond donors (Lipinski definition) is 4. The average Bonchev–Trinajstić information content (AvgIpc) is 3.87. The third-order valence-electron chi connectivity index (χ3n) is 7.37. The molecule has 0 radical (unpaired) electrons. The topological polar surface area (TPSA) is 97.8 Å². The first-order chi connectivity index (χ1) is 21.7. The van der Waals surface area contributed by atoms with E-state index in [4.69, 9.17) is 20.2 Å². The maximum Gasteiger partial charge on any atom is 0.104 e. The fraction of sp³-hybridized carbons (Fsp3) is 0.0526. The second-order valence-corrected chi connectivity index (χ2v) is 10.3. The van der Waals surface area contributed by atoms with Gasteiger partial charge >= 0.3 is 0 Å². The van der Waals surface area contributed by atoms with Gasteiger partial charge in [0, 0.05) is 44.3 Å². The molecule has 7 rings (SSSR count). The van der Waals surface area contributed by atoms with E-state index in [1.807, 2.05) is 85.0 Å². The number of aliphatic hydroxyl groups excluding tert-OH is 2. The monoisotopic (exact) mass is 570 g/mol. The lowest BCUT2D eigenvalue weighted by Gasteiger charge is -2.05. The Balaban J connectivity index is 1.45. The van der Waals surface area contributed by atoms with Gasteiger partial charge < -0.3 is 20.2 Å². The summed E-state index contributed by atoms with van der Waals surface area (Å²) in [7, 11) is 0. The van der Waals surface area contributed by atoms with Crippen LogP contribution < -0.4 is 0 Å². The van der Waals surface area contributed by atoms with Crippen LogP contribution in [0.5, 0.6) is 0 Å². The van der Waals surface area contributed by atoms with Crippen LogP contribution in [0.15, 0.2) is 84.9 Å². The fourth-order valence-corrected chi connectivity index (χ4v) is 5.40. The van der Waals surface area contributed by atoms with Crippen LogP contribution in [-0.2, 0) is 0 Å². The Morgan fingerprint density at radius 3 is 1.43 bits per heavy atom. The Hall–Kier alpha value is -5.92. The summed E-state index contributed by atoms with van der Waals surface area (Å²) in [5.41, 5.74) is 12.7. The zero-order valence-corrected chi connectivity index (χ0v) is 23.6. The summed E-state index contributed by atoms with van der Waals surface area (Å²) in [5, 5.41) is 18.1. The lowest BCUT2D eigenvalue weighted by molar-refractivity contribution is 0.350. The smallest absolute Gasteiger partial charge is 0.104 e. The van der Waals surface area contributed by atoms with Gasteiger partial charge in [-0.2, -0.15) is 0 Å². The molecule has 0 saturated heterocycles. The van der Waals surface area contributed by atoms with Gasteiger partial charge in [0.25, 0.3) is 0 Å². The van der Waals surface area contributed by atoms with Crippen molar-refractivity contribution in [3.63, 3.8) is 0 Å². The quantitative estimate of drug-likeness (QED) is 0.174. The van der Waals surface area contributed by atoms with E-state index in [2.05, 4.69) is 57.9 Å². The van der Waals surface area contributed by atoms with Crippen LogP contribution in [-0.4, -0.2) is 43.4 Å². The van der Waals surface area contributed by atoms with Crippen molar-refractivity contribution in [3.05, 3.63) is 119 Å². The lowest BCUT2D eigenvalue weighted by atomic mass is 10.0. The first kappa shape index (κ1) is 26.9. The molecule has 4 N–H and O–H groups in total. The number of aliphatic hydroxyl groups is 2. The highest BCUT2D eigenvalue weighted by atomic mass is 16.3. The molecule has 0 atom stereocenters. The molecular formula is C38H26N4O2. The highest BCUT2D eigenvalue weighted by Gasteiger charge is 2.14. The van der Waals surface area contributed by atoms with E-state index in [1.165, 1.54) is 0 Å². The molecule has 5 heterocycles. The Morgan fingerprint density at radius 1 is 0.523 bits per heavy atom. The minimum atomic E-state index is -0.175. The van der Waals surface area contributed by atoms with E-state index in [-0.39, 0.29) is 13.2 Å². The predicted molar refractivity (Wildman–Crippen MR) is 178 cm³/mol. The van der Waals surface area contributed by atoms with Crippen molar-refractivity contribution in [2.75, 3.05) is 13.2 Å². The number of fused-ring (bicyclic) bond motifs is 8. The van der Waals surface area contributed by atoms with Gasteiger partial charge in [0.05, 0.1) is 22.8 Å². The molecule has 8 bridgehead atoms. The minimum Gasteiger partial charge on any atom is -0.384 e. The molecule has 2 aliphatic rings. The lowest BCUT2D eigenvalue weighted by Crippen LogP contribution is -1.89. The van der Waals surface area contributed by atoms with Crippen LogP contribution in [0.25, 0.3) is 68.6 Å². The first-order valence-corrected chi connectivity index (χ1v) is 14.2. The van der Waals surface area contributed by atoms with E-state index in [0.717, 1.165) is 78.2 Å². The highest BCUT2D eigenvalue weighted by Crippen LogP contribution is 2.32. The second kappa shape index (κ2) is 11.8. The predicted octanol–water partition coefficient (Wildman–Crippen LogP) is 6.68. The number of aromatic amines is 2. The molecule has 0 unspecified atom stereocenters. The van der Waals surface area contributed by atoms with E-state index >= 15 is 0 Å². The summed E-state index contributed by atoms with van der Waals surface area (Å²) < 4.78 is 0. The standard InChI is InChI=1S/C38H26N4O2/c43-21-1-3-25-5-9-27(10-6-25)37-33-17-13-29(39-33)23-31-15-19-35(41-31)38(28-11-7-26(8-12-28)4-2-22-44)36-20-16-32(42-36)24-30-14-18-34(37)40-30/h5-20,23-24,39-40,43-44H,21-22H2. The molecule has 2 aliphatic heterocycles. The van der Waals surface area contributed by atoms with Gasteiger partial charge in [-0.3, -0.25) is 0 Å². The number of aromatic nitrogens is 4. The number of hydrogen-bond acceptors (Lipinski definition) is 4. The minimum absolute atomic E-state index is 0.170. The van der Waals surface area contributed by atoms with Crippen molar-refractivity contribution < 1.29 is 10.2 Å². The fourth-order valence-electron chi connectivity index (χ4n) is 5.40. The zero-order chi connectivity index (χ0) is 29.9. The highest BCUT2D eigenvalue weighted by molar-refractivity contribution is 5.94.